The first-order valence-corrected chi connectivity index (χ1v) is 7.13. The molecule has 1 aliphatic rings. The zero-order valence-corrected chi connectivity index (χ0v) is 12.2. The largest absolute Gasteiger partial charge is 0.492 e. The standard InChI is InChI=1S/C12H15Br2NO/c13-10-1-2-12(11(14)7-10)16-8-9-3-5-15-6-4-9/h1-2,7,9,15H,3-6,8H2. The van der Waals surface area contributed by atoms with Crippen LogP contribution in [0, 0.1) is 5.92 Å². The molecule has 0 aliphatic carbocycles. The first-order valence-electron chi connectivity index (χ1n) is 5.54. The Bertz CT molecular complexity index is 351. The predicted molar refractivity (Wildman–Crippen MR) is 72.9 cm³/mol. The lowest BCUT2D eigenvalue weighted by atomic mass is 9.99. The zero-order chi connectivity index (χ0) is 11.4. The number of hydrogen-bond acceptors (Lipinski definition) is 2. The Labute approximate surface area is 113 Å². The van der Waals surface area contributed by atoms with Gasteiger partial charge in [0.15, 0.2) is 0 Å². The maximum Gasteiger partial charge on any atom is 0.133 e. The number of nitrogens with one attached hydrogen (secondary N) is 1. The van der Waals surface area contributed by atoms with Crippen molar-refractivity contribution in [2.45, 2.75) is 12.8 Å². The monoisotopic (exact) mass is 347 g/mol. The Morgan fingerprint density at radius 1 is 1.25 bits per heavy atom. The molecule has 1 saturated heterocycles. The Balaban J connectivity index is 1.88. The molecule has 1 heterocycles. The fraction of sp³-hybridized carbons (Fsp3) is 0.500. The van der Waals surface area contributed by atoms with E-state index in [1.165, 1.54) is 12.8 Å². The van der Waals surface area contributed by atoms with Crippen molar-refractivity contribution in [3.8, 4) is 5.75 Å². The van der Waals surface area contributed by atoms with Gasteiger partial charge in [0.05, 0.1) is 11.1 Å². The summed E-state index contributed by atoms with van der Waals surface area (Å²) in [6.07, 6.45) is 2.43. The predicted octanol–water partition coefficient (Wildman–Crippen LogP) is 3.59. The van der Waals surface area contributed by atoms with Crippen LogP contribution in [0.4, 0.5) is 0 Å². The molecule has 4 heteroatoms. The molecule has 0 atom stereocenters. The topological polar surface area (TPSA) is 21.3 Å². The van der Waals surface area contributed by atoms with Crippen LogP contribution in [0.25, 0.3) is 0 Å². The van der Waals surface area contributed by atoms with E-state index in [4.69, 9.17) is 4.74 Å². The summed E-state index contributed by atoms with van der Waals surface area (Å²) in [6, 6.07) is 6.01. The molecular formula is C12H15Br2NO. The van der Waals surface area contributed by atoms with Gasteiger partial charge in [0.25, 0.3) is 0 Å². The number of benzene rings is 1. The maximum absolute atomic E-state index is 5.84. The van der Waals surface area contributed by atoms with Gasteiger partial charge in [0, 0.05) is 4.47 Å². The molecule has 1 aliphatic heterocycles. The van der Waals surface area contributed by atoms with Crippen molar-refractivity contribution < 1.29 is 4.74 Å². The maximum atomic E-state index is 5.84. The van der Waals surface area contributed by atoms with Crippen LogP contribution in [0.1, 0.15) is 12.8 Å². The van der Waals surface area contributed by atoms with Crippen LogP contribution in [0.5, 0.6) is 5.75 Å². The normalized spacial score (nSPS) is 17.4. The van der Waals surface area contributed by atoms with E-state index in [0.29, 0.717) is 5.92 Å². The number of ether oxygens (including phenoxy) is 1. The van der Waals surface area contributed by atoms with Gasteiger partial charge in [-0.2, -0.15) is 0 Å². The molecule has 1 N–H and O–H groups in total. The van der Waals surface area contributed by atoms with Crippen LogP contribution < -0.4 is 10.1 Å². The zero-order valence-electron chi connectivity index (χ0n) is 9.01. The highest BCUT2D eigenvalue weighted by molar-refractivity contribution is 9.11. The van der Waals surface area contributed by atoms with E-state index >= 15 is 0 Å². The van der Waals surface area contributed by atoms with E-state index in [1.54, 1.807) is 0 Å². The summed E-state index contributed by atoms with van der Waals surface area (Å²) in [6.45, 7) is 3.06. The number of piperidine rings is 1. The summed E-state index contributed by atoms with van der Waals surface area (Å²) >= 11 is 6.93. The molecule has 0 amide bonds. The molecule has 16 heavy (non-hydrogen) atoms. The third-order valence-electron chi connectivity index (χ3n) is 2.83. The third kappa shape index (κ3) is 3.47. The van der Waals surface area contributed by atoms with Gasteiger partial charge < -0.3 is 10.1 Å². The quantitative estimate of drug-likeness (QED) is 0.901. The van der Waals surface area contributed by atoms with Gasteiger partial charge >= 0.3 is 0 Å². The fourth-order valence-corrected chi connectivity index (χ4v) is 3.01. The molecule has 0 aromatic heterocycles. The molecule has 0 radical (unpaired) electrons. The Kier molecular flexibility index (Phi) is 4.67. The van der Waals surface area contributed by atoms with Gasteiger partial charge in [-0.15, -0.1) is 0 Å². The second-order valence-electron chi connectivity index (χ2n) is 4.08. The molecule has 0 saturated carbocycles. The van der Waals surface area contributed by atoms with Crippen molar-refractivity contribution in [2.24, 2.45) is 5.92 Å². The molecule has 2 rings (SSSR count). The fourth-order valence-electron chi connectivity index (χ4n) is 1.85. The van der Waals surface area contributed by atoms with Crippen molar-refractivity contribution >= 4 is 31.9 Å². The summed E-state index contributed by atoms with van der Waals surface area (Å²) < 4.78 is 7.91. The van der Waals surface area contributed by atoms with E-state index < -0.39 is 0 Å². The second kappa shape index (κ2) is 6.03. The highest BCUT2D eigenvalue weighted by Crippen LogP contribution is 2.29. The average molecular weight is 349 g/mol. The van der Waals surface area contributed by atoms with Crippen LogP contribution in [0.3, 0.4) is 0 Å². The van der Waals surface area contributed by atoms with Gasteiger partial charge in [-0.25, -0.2) is 0 Å². The van der Waals surface area contributed by atoms with E-state index in [0.717, 1.165) is 34.4 Å². The van der Waals surface area contributed by atoms with Crippen molar-refractivity contribution in [2.75, 3.05) is 19.7 Å². The van der Waals surface area contributed by atoms with Crippen LogP contribution in [-0.4, -0.2) is 19.7 Å². The number of rotatable bonds is 3. The van der Waals surface area contributed by atoms with Crippen LogP contribution in [0.15, 0.2) is 27.1 Å². The Morgan fingerprint density at radius 2 is 2.00 bits per heavy atom. The molecule has 0 unspecified atom stereocenters. The molecule has 1 fully saturated rings. The minimum Gasteiger partial charge on any atom is -0.492 e. The first-order chi connectivity index (χ1) is 7.75. The van der Waals surface area contributed by atoms with Crippen molar-refractivity contribution in [3.63, 3.8) is 0 Å². The third-order valence-corrected chi connectivity index (χ3v) is 3.94. The van der Waals surface area contributed by atoms with Crippen LogP contribution >= 0.6 is 31.9 Å². The molecule has 88 valence electrons. The van der Waals surface area contributed by atoms with E-state index in [-0.39, 0.29) is 0 Å². The van der Waals surface area contributed by atoms with Gasteiger partial charge in [-0.1, -0.05) is 15.9 Å². The average Bonchev–Trinajstić information content (AvgIpc) is 2.29. The lowest BCUT2D eigenvalue weighted by molar-refractivity contribution is 0.214. The first kappa shape index (κ1) is 12.4. The molecule has 0 spiro atoms. The van der Waals surface area contributed by atoms with Crippen LogP contribution in [0.2, 0.25) is 0 Å². The van der Waals surface area contributed by atoms with E-state index in [9.17, 15) is 0 Å². The van der Waals surface area contributed by atoms with Gasteiger partial charge in [-0.3, -0.25) is 0 Å². The highest BCUT2D eigenvalue weighted by Gasteiger charge is 2.14. The van der Waals surface area contributed by atoms with Gasteiger partial charge in [0.1, 0.15) is 5.75 Å². The second-order valence-corrected chi connectivity index (χ2v) is 5.85. The molecule has 2 nitrogen and oxygen atoms in total. The SMILES string of the molecule is Brc1ccc(OCC2CCNCC2)c(Br)c1. The molecule has 1 aromatic carbocycles. The summed E-state index contributed by atoms with van der Waals surface area (Å²) in [4.78, 5) is 0. The van der Waals surface area contributed by atoms with Gasteiger partial charge in [0.2, 0.25) is 0 Å². The molecular weight excluding hydrogens is 334 g/mol. The van der Waals surface area contributed by atoms with Crippen molar-refractivity contribution in [1.82, 2.24) is 5.32 Å². The molecule has 1 aromatic rings. The summed E-state index contributed by atoms with van der Waals surface area (Å²) in [5, 5.41) is 3.36. The minimum absolute atomic E-state index is 0.691. The Hall–Kier alpha value is -0.0600. The van der Waals surface area contributed by atoms with Crippen molar-refractivity contribution in [3.05, 3.63) is 27.1 Å². The van der Waals surface area contributed by atoms with E-state index in [1.807, 2.05) is 18.2 Å². The van der Waals surface area contributed by atoms with Crippen molar-refractivity contribution in [1.29, 1.82) is 0 Å². The van der Waals surface area contributed by atoms with Crippen LogP contribution in [-0.2, 0) is 0 Å². The summed E-state index contributed by atoms with van der Waals surface area (Å²) in [5.74, 6) is 1.62. The summed E-state index contributed by atoms with van der Waals surface area (Å²) in [7, 11) is 0. The number of halogens is 2. The lowest BCUT2D eigenvalue weighted by Gasteiger charge is -2.22. The van der Waals surface area contributed by atoms with E-state index in [2.05, 4.69) is 37.2 Å². The highest BCUT2D eigenvalue weighted by atomic mass is 79.9. The lowest BCUT2D eigenvalue weighted by Crippen LogP contribution is -2.30. The van der Waals surface area contributed by atoms with Gasteiger partial charge in [-0.05, 0) is 66.0 Å². The minimum atomic E-state index is 0.691. The number of hydrogen-bond donors (Lipinski definition) is 1. The Morgan fingerprint density at radius 3 is 2.69 bits per heavy atom. The molecule has 0 bridgehead atoms. The smallest absolute Gasteiger partial charge is 0.133 e. The summed E-state index contributed by atoms with van der Waals surface area (Å²) in [5.41, 5.74) is 0.